The van der Waals surface area contributed by atoms with E-state index < -0.39 is 0 Å². The van der Waals surface area contributed by atoms with Crippen molar-refractivity contribution in [3.63, 3.8) is 0 Å². The van der Waals surface area contributed by atoms with Crippen LogP contribution in [0.5, 0.6) is 0 Å². The smallest absolute Gasteiger partial charge is 0.109 e. The standard InChI is InChI=1S/C18H27NO/c1-4-8-19-17(18-7-5-6-9-20-18)13-16-11-14(2)10-15(3)12-16/h7,10-12,17,19H,4-6,8-9,13H2,1-3H3. The Balaban J connectivity index is 2.11. The summed E-state index contributed by atoms with van der Waals surface area (Å²) in [5.41, 5.74) is 4.08. The number of ether oxygens (including phenoxy) is 1. The summed E-state index contributed by atoms with van der Waals surface area (Å²) in [6, 6.07) is 7.12. The molecule has 1 atom stereocenters. The summed E-state index contributed by atoms with van der Waals surface area (Å²) < 4.78 is 5.87. The molecule has 0 aromatic heterocycles. The van der Waals surface area contributed by atoms with Crippen LogP contribution in [0.2, 0.25) is 0 Å². The summed E-state index contributed by atoms with van der Waals surface area (Å²) in [5.74, 6) is 1.14. The van der Waals surface area contributed by atoms with Gasteiger partial charge in [-0.3, -0.25) is 0 Å². The molecule has 0 saturated heterocycles. The highest BCUT2D eigenvalue weighted by molar-refractivity contribution is 5.30. The lowest BCUT2D eigenvalue weighted by molar-refractivity contribution is 0.167. The minimum Gasteiger partial charge on any atom is -0.497 e. The molecule has 0 aliphatic carbocycles. The molecule has 1 aromatic rings. The fourth-order valence-electron chi connectivity index (χ4n) is 2.83. The minimum absolute atomic E-state index is 0.316. The lowest BCUT2D eigenvalue weighted by Gasteiger charge is -2.25. The van der Waals surface area contributed by atoms with Gasteiger partial charge >= 0.3 is 0 Å². The van der Waals surface area contributed by atoms with Gasteiger partial charge in [0.1, 0.15) is 5.76 Å². The van der Waals surface area contributed by atoms with Gasteiger partial charge in [-0.15, -0.1) is 0 Å². The van der Waals surface area contributed by atoms with Gasteiger partial charge in [0.25, 0.3) is 0 Å². The van der Waals surface area contributed by atoms with Crippen LogP contribution in [-0.2, 0) is 11.2 Å². The van der Waals surface area contributed by atoms with Gasteiger partial charge in [-0.25, -0.2) is 0 Å². The van der Waals surface area contributed by atoms with Gasteiger partial charge in [-0.2, -0.15) is 0 Å². The first-order valence-electron chi connectivity index (χ1n) is 7.82. The molecular weight excluding hydrogens is 246 g/mol. The molecule has 2 rings (SSSR count). The van der Waals surface area contributed by atoms with Crippen LogP contribution in [0.3, 0.4) is 0 Å². The summed E-state index contributed by atoms with van der Waals surface area (Å²) in [5, 5.41) is 3.63. The van der Waals surface area contributed by atoms with Crippen molar-refractivity contribution in [2.75, 3.05) is 13.2 Å². The normalized spacial score (nSPS) is 16.4. The van der Waals surface area contributed by atoms with E-state index in [0.717, 1.165) is 44.6 Å². The average molecular weight is 273 g/mol. The van der Waals surface area contributed by atoms with Gasteiger partial charge in [0.2, 0.25) is 0 Å². The molecule has 1 unspecified atom stereocenters. The summed E-state index contributed by atoms with van der Waals surface area (Å²) in [4.78, 5) is 0. The molecule has 0 radical (unpaired) electrons. The third-order valence-electron chi connectivity index (χ3n) is 3.67. The molecule has 0 amide bonds. The van der Waals surface area contributed by atoms with Crippen LogP contribution in [-0.4, -0.2) is 19.2 Å². The molecule has 0 saturated carbocycles. The highest BCUT2D eigenvalue weighted by Gasteiger charge is 2.18. The van der Waals surface area contributed by atoms with Gasteiger partial charge in [0.15, 0.2) is 0 Å². The van der Waals surface area contributed by atoms with Gasteiger partial charge in [0.05, 0.1) is 12.6 Å². The highest BCUT2D eigenvalue weighted by Crippen LogP contribution is 2.19. The van der Waals surface area contributed by atoms with E-state index in [1.54, 1.807) is 0 Å². The van der Waals surface area contributed by atoms with Crippen molar-refractivity contribution in [2.45, 2.75) is 52.5 Å². The van der Waals surface area contributed by atoms with E-state index in [-0.39, 0.29) is 0 Å². The number of allylic oxidation sites excluding steroid dienone is 1. The minimum atomic E-state index is 0.316. The van der Waals surface area contributed by atoms with Crippen molar-refractivity contribution in [3.8, 4) is 0 Å². The zero-order valence-corrected chi connectivity index (χ0v) is 13.0. The fraction of sp³-hybridized carbons (Fsp3) is 0.556. The second-order valence-corrected chi connectivity index (χ2v) is 5.80. The predicted octanol–water partition coefficient (Wildman–Crippen LogP) is 3.91. The summed E-state index contributed by atoms with van der Waals surface area (Å²) >= 11 is 0. The van der Waals surface area contributed by atoms with Crippen molar-refractivity contribution in [1.29, 1.82) is 0 Å². The van der Waals surface area contributed by atoms with Crippen LogP contribution in [0.15, 0.2) is 30.0 Å². The van der Waals surface area contributed by atoms with E-state index in [1.165, 1.54) is 16.7 Å². The Morgan fingerprint density at radius 2 is 1.95 bits per heavy atom. The van der Waals surface area contributed by atoms with Crippen LogP contribution in [0, 0.1) is 13.8 Å². The van der Waals surface area contributed by atoms with Crippen molar-refractivity contribution in [1.82, 2.24) is 5.32 Å². The second-order valence-electron chi connectivity index (χ2n) is 5.80. The molecular formula is C18H27NO. The number of aryl methyl sites for hydroxylation is 2. The van der Waals surface area contributed by atoms with Crippen LogP contribution >= 0.6 is 0 Å². The first-order valence-corrected chi connectivity index (χ1v) is 7.82. The maximum absolute atomic E-state index is 5.87. The number of rotatable bonds is 6. The maximum Gasteiger partial charge on any atom is 0.109 e. The molecule has 1 N–H and O–H groups in total. The van der Waals surface area contributed by atoms with E-state index in [4.69, 9.17) is 4.74 Å². The van der Waals surface area contributed by atoms with Crippen LogP contribution < -0.4 is 5.32 Å². The Bertz CT molecular complexity index is 444. The van der Waals surface area contributed by atoms with E-state index in [1.807, 2.05) is 0 Å². The van der Waals surface area contributed by atoms with Crippen LogP contribution in [0.25, 0.3) is 0 Å². The summed E-state index contributed by atoms with van der Waals surface area (Å²) in [6.07, 6.45) is 6.71. The largest absolute Gasteiger partial charge is 0.497 e. The molecule has 0 fully saturated rings. The van der Waals surface area contributed by atoms with Crippen molar-refractivity contribution < 1.29 is 4.74 Å². The monoisotopic (exact) mass is 273 g/mol. The maximum atomic E-state index is 5.87. The third kappa shape index (κ3) is 4.38. The molecule has 0 bridgehead atoms. The molecule has 1 aliphatic rings. The predicted molar refractivity (Wildman–Crippen MR) is 85.0 cm³/mol. The van der Waals surface area contributed by atoms with Crippen molar-refractivity contribution in [3.05, 3.63) is 46.7 Å². The Morgan fingerprint density at radius 3 is 2.55 bits per heavy atom. The van der Waals surface area contributed by atoms with Crippen LogP contribution in [0.1, 0.15) is 42.9 Å². The first kappa shape index (κ1) is 15.1. The summed E-state index contributed by atoms with van der Waals surface area (Å²) in [7, 11) is 0. The van der Waals surface area contributed by atoms with E-state index >= 15 is 0 Å². The van der Waals surface area contributed by atoms with Gasteiger partial charge < -0.3 is 10.1 Å². The van der Waals surface area contributed by atoms with E-state index in [2.05, 4.69) is 50.4 Å². The average Bonchev–Trinajstić information content (AvgIpc) is 2.43. The zero-order chi connectivity index (χ0) is 14.4. The molecule has 2 nitrogen and oxygen atoms in total. The van der Waals surface area contributed by atoms with Crippen molar-refractivity contribution >= 4 is 0 Å². The number of hydrogen-bond acceptors (Lipinski definition) is 2. The highest BCUT2D eigenvalue weighted by atomic mass is 16.5. The molecule has 20 heavy (non-hydrogen) atoms. The molecule has 110 valence electrons. The Labute approximate surface area is 123 Å². The van der Waals surface area contributed by atoms with Crippen LogP contribution in [0.4, 0.5) is 0 Å². The second kappa shape index (κ2) is 7.49. The lowest BCUT2D eigenvalue weighted by atomic mass is 9.99. The van der Waals surface area contributed by atoms with Gasteiger partial charge in [-0.05, 0) is 57.7 Å². The quantitative estimate of drug-likeness (QED) is 0.848. The number of benzene rings is 1. The first-order chi connectivity index (χ1) is 9.69. The topological polar surface area (TPSA) is 21.3 Å². The SMILES string of the molecule is CCCNC(Cc1cc(C)cc(C)c1)C1=CCCCO1. The molecule has 2 heteroatoms. The molecule has 0 spiro atoms. The van der Waals surface area contributed by atoms with E-state index in [0.29, 0.717) is 6.04 Å². The molecule has 1 heterocycles. The van der Waals surface area contributed by atoms with Crippen molar-refractivity contribution in [2.24, 2.45) is 0 Å². The molecule has 1 aliphatic heterocycles. The van der Waals surface area contributed by atoms with Gasteiger partial charge in [0, 0.05) is 0 Å². The number of nitrogens with one attached hydrogen (secondary N) is 1. The molecule has 1 aromatic carbocycles. The third-order valence-corrected chi connectivity index (χ3v) is 3.67. The lowest BCUT2D eigenvalue weighted by Crippen LogP contribution is -2.35. The van der Waals surface area contributed by atoms with E-state index in [9.17, 15) is 0 Å². The fourth-order valence-corrected chi connectivity index (χ4v) is 2.83. The zero-order valence-electron chi connectivity index (χ0n) is 13.0. The Kier molecular flexibility index (Phi) is 5.66. The van der Waals surface area contributed by atoms with Gasteiger partial charge in [-0.1, -0.05) is 36.2 Å². The summed E-state index contributed by atoms with van der Waals surface area (Å²) in [6.45, 7) is 8.44. The number of hydrogen-bond donors (Lipinski definition) is 1. The Hall–Kier alpha value is -1.28. The Morgan fingerprint density at radius 1 is 1.20 bits per heavy atom.